The molecule has 1 fully saturated rings. The van der Waals surface area contributed by atoms with Gasteiger partial charge in [0.05, 0.1) is 27.8 Å². The maximum Gasteiger partial charge on any atom is 0.293 e. The fourth-order valence-electron chi connectivity index (χ4n) is 2.65. The van der Waals surface area contributed by atoms with E-state index in [1.165, 1.54) is 19.1 Å². The number of benzene rings is 1. The lowest BCUT2D eigenvalue weighted by molar-refractivity contribution is -0.384. The van der Waals surface area contributed by atoms with Gasteiger partial charge in [-0.15, -0.1) is 0 Å². The molecule has 0 aromatic heterocycles. The summed E-state index contributed by atoms with van der Waals surface area (Å²) in [5.74, 6) is -0.0882. The molecular weight excluding hydrogens is 308 g/mol. The van der Waals surface area contributed by atoms with Crippen molar-refractivity contribution in [1.82, 2.24) is 0 Å². The molecule has 22 heavy (non-hydrogen) atoms. The lowest BCUT2D eigenvalue weighted by atomic mass is 10.2. The fraction of sp³-hybridized carbons (Fsp3) is 0.571. The zero-order valence-corrected chi connectivity index (χ0v) is 13.7. The van der Waals surface area contributed by atoms with Crippen molar-refractivity contribution in [2.24, 2.45) is 0 Å². The highest BCUT2D eigenvalue weighted by atomic mass is 32.2. The first kappa shape index (κ1) is 16.7. The van der Waals surface area contributed by atoms with Crippen molar-refractivity contribution in [3.05, 3.63) is 28.3 Å². The Hall–Kier alpha value is -1.67. The molecule has 1 saturated heterocycles. The third-order valence-electron chi connectivity index (χ3n) is 3.64. The van der Waals surface area contributed by atoms with Gasteiger partial charge in [-0.1, -0.05) is 6.92 Å². The maximum atomic E-state index is 11.9. The standard InChI is InChI=1S/C14H20N2O5S/c1-4-22(19,20)12-5-6-13(14(7-12)16(17)18)15-8-10(2)21-11(3)9-15/h5-7,10-11H,4,8-9H2,1-3H3/t10-,11-/m1/s1. The smallest absolute Gasteiger partial charge is 0.293 e. The second kappa shape index (κ2) is 6.21. The Labute approximate surface area is 129 Å². The van der Waals surface area contributed by atoms with E-state index in [0.29, 0.717) is 18.8 Å². The lowest BCUT2D eigenvalue weighted by Crippen LogP contribution is -2.45. The van der Waals surface area contributed by atoms with Gasteiger partial charge in [0.2, 0.25) is 0 Å². The number of rotatable bonds is 4. The van der Waals surface area contributed by atoms with Crippen LogP contribution in [0.25, 0.3) is 0 Å². The number of sulfone groups is 1. The molecule has 0 unspecified atom stereocenters. The summed E-state index contributed by atoms with van der Waals surface area (Å²) in [6.45, 7) is 6.39. The van der Waals surface area contributed by atoms with E-state index in [0.717, 1.165) is 6.07 Å². The van der Waals surface area contributed by atoms with Crippen molar-refractivity contribution in [3.8, 4) is 0 Å². The van der Waals surface area contributed by atoms with E-state index in [9.17, 15) is 18.5 Å². The molecule has 0 radical (unpaired) electrons. The first-order valence-corrected chi connectivity index (χ1v) is 8.81. The van der Waals surface area contributed by atoms with Crippen molar-refractivity contribution in [2.75, 3.05) is 23.7 Å². The second-order valence-electron chi connectivity index (χ2n) is 5.47. The van der Waals surface area contributed by atoms with Crippen LogP contribution in [0.4, 0.5) is 11.4 Å². The summed E-state index contributed by atoms with van der Waals surface area (Å²) in [7, 11) is -3.47. The van der Waals surface area contributed by atoms with Crippen LogP contribution < -0.4 is 4.90 Å². The Balaban J connectivity index is 2.46. The molecule has 1 heterocycles. The molecule has 0 aliphatic carbocycles. The lowest BCUT2D eigenvalue weighted by Gasteiger charge is -2.36. The highest BCUT2D eigenvalue weighted by Crippen LogP contribution is 2.32. The molecule has 0 amide bonds. The van der Waals surface area contributed by atoms with Gasteiger partial charge in [0.25, 0.3) is 5.69 Å². The van der Waals surface area contributed by atoms with E-state index in [-0.39, 0.29) is 28.5 Å². The predicted molar refractivity (Wildman–Crippen MR) is 83.0 cm³/mol. The molecule has 1 aromatic rings. The van der Waals surface area contributed by atoms with Crippen LogP contribution >= 0.6 is 0 Å². The van der Waals surface area contributed by atoms with Crippen LogP contribution in [0, 0.1) is 10.1 Å². The largest absolute Gasteiger partial charge is 0.372 e. The Bertz CT molecular complexity index is 664. The van der Waals surface area contributed by atoms with Crippen LogP contribution in [0.2, 0.25) is 0 Å². The molecule has 7 nitrogen and oxygen atoms in total. The molecule has 2 rings (SSSR count). The first-order valence-electron chi connectivity index (χ1n) is 7.16. The van der Waals surface area contributed by atoms with E-state index in [2.05, 4.69) is 0 Å². The number of ether oxygens (including phenoxy) is 1. The minimum Gasteiger partial charge on any atom is -0.372 e. The summed E-state index contributed by atoms with van der Waals surface area (Å²) in [4.78, 5) is 12.7. The zero-order valence-electron chi connectivity index (χ0n) is 12.9. The molecule has 0 N–H and O–H groups in total. The molecule has 0 bridgehead atoms. The van der Waals surface area contributed by atoms with E-state index < -0.39 is 14.8 Å². The summed E-state index contributed by atoms with van der Waals surface area (Å²) >= 11 is 0. The average Bonchev–Trinajstić information content (AvgIpc) is 2.45. The molecular formula is C14H20N2O5S. The molecule has 1 aromatic carbocycles. The van der Waals surface area contributed by atoms with Crippen molar-refractivity contribution in [1.29, 1.82) is 0 Å². The van der Waals surface area contributed by atoms with Crippen molar-refractivity contribution < 1.29 is 18.1 Å². The van der Waals surface area contributed by atoms with E-state index in [1.54, 1.807) is 0 Å². The number of morpholine rings is 1. The SMILES string of the molecule is CCS(=O)(=O)c1ccc(N2C[C@@H](C)O[C@H](C)C2)c([N+](=O)[O-])c1. The molecule has 122 valence electrons. The van der Waals surface area contributed by atoms with Crippen molar-refractivity contribution in [3.63, 3.8) is 0 Å². The predicted octanol–water partition coefficient (Wildman–Crippen LogP) is 2.00. The topological polar surface area (TPSA) is 89.8 Å². The summed E-state index contributed by atoms with van der Waals surface area (Å²) in [6, 6.07) is 4.11. The number of nitro benzene ring substituents is 1. The molecule has 2 atom stereocenters. The van der Waals surface area contributed by atoms with Crippen LogP contribution in [0.1, 0.15) is 20.8 Å². The van der Waals surface area contributed by atoms with Crippen LogP contribution in [-0.4, -0.2) is 44.4 Å². The quantitative estimate of drug-likeness (QED) is 0.620. The molecule has 0 spiro atoms. The van der Waals surface area contributed by atoms with Gasteiger partial charge >= 0.3 is 0 Å². The molecule has 1 aliphatic heterocycles. The van der Waals surface area contributed by atoms with Gasteiger partial charge < -0.3 is 9.64 Å². The first-order chi connectivity index (χ1) is 10.2. The number of hydrogen-bond donors (Lipinski definition) is 0. The van der Waals surface area contributed by atoms with Gasteiger partial charge in [0, 0.05) is 19.2 Å². The summed E-state index contributed by atoms with van der Waals surface area (Å²) in [5, 5.41) is 11.3. The van der Waals surface area contributed by atoms with E-state index in [4.69, 9.17) is 4.74 Å². The monoisotopic (exact) mass is 328 g/mol. The molecule has 1 aliphatic rings. The number of nitro groups is 1. The van der Waals surface area contributed by atoms with Gasteiger partial charge in [-0.2, -0.15) is 0 Å². The van der Waals surface area contributed by atoms with Crippen molar-refractivity contribution >= 4 is 21.2 Å². The number of hydrogen-bond acceptors (Lipinski definition) is 6. The van der Waals surface area contributed by atoms with E-state index >= 15 is 0 Å². The second-order valence-corrected chi connectivity index (χ2v) is 7.75. The van der Waals surface area contributed by atoms with Crippen LogP contribution in [0.15, 0.2) is 23.1 Å². The normalized spacial score (nSPS) is 22.6. The van der Waals surface area contributed by atoms with Gasteiger partial charge in [-0.05, 0) is 26.0 Å². The molecule has 0 saturated carbocycles. The third kappa shape index (κ3) is 3.38. The van der Waals surface area contributed by atoms with Gasteiger partial charge in [0.15, 0.2) is 9.84 Å². The van der Waals surface area contributed by atoms with Gasteiger partial charge in [-0.3, -0.25) is 10.1 Å². The summed E-state index contributed by atoms with van der Waals surface area (Å²) in [5.41, 5.74) is 0.248. The Morgan fingerprint density at radius 3 is 2.41 bits per heavy atom. The van der Waals surface area contributed by atoms with Crippen LogP contribution in [0.5, 0.6) is 0 Å². The summed E-state index contributed by atoms with van der Waals surface area (Å²) in [6.07, 6.45) is -0.0789. The summed E-state index contributed by atoms with van der Waals surface area (Å²) < 4.78 is 29.4. The number of anilines is 1. The third-order valence-corrected chi connectivity index (χ3v) is 5.38. The zero-order chi connectivity index (χ0) is 16.5. The maximum absolute atomic E-state index is 11.9. The van der Waals surface area contributed by atoms with Gasteiger partial charge in [-0.25, -0.2) is 8.42 Å². The number of nitrogens with zero attached hydrogens (tertiary/aromatic N) is 2. The van der Waals surface area contributed by atoms with Crippen LogP contribution in [-0.2, 0) is 14.6 Å². The Morgan fingerprint density at radius 1 is 1.32 bits per heavy atom. The fourth-order valence-corrected chi connectivity index (χ4v) is 3.55. The minimum atomic E-state index is -3.47. The van der Waals surface area contributed by atoms with Crippen molar-refractivity contribution in [2.45, 2.75) is 37.9 Å². The average molecular weight is 328 g/mol. The minimum absolute atomic E-state index is 0.0141. The highest BCUT2D eigenvalue weighted by Gasteiger charge is 2.28. The highest BCUT2D eigenvalue weighted by molar-refractivity contribution is 7.91. The van der Waals surface area contributed by atoms with E-state index in [1.807, 2.05) is 18.7 Å². The Morgan fingerprint density at radius 2 is 1.91 bits per heavy atom. The molecule has 8 heteroatoms. The van der Waals surface area contributed by atoms with Gasteiger partial charge in [0.1, 0.15) is 5.69 Å². The Kier molecular flexibility index (Phi) is 4.72. The van der Waals surface area contributed by atoms with Crippen LogP contribution in [0.3, 0.4) is 0 Å².